The molecule has 0 amide bonds. The van der Waals surface area contributed by atoms with Crippen molar-refractivity contribution in [2.24, 2.45) is 17.8 Å². The fraction of sp³-hybridized carbons (Fsp3) is 0.559. The molecule has 0 radical (unpaired) electrons. The predicted octanol–water partition coefficient (Wildman–Crippen LogP) is -4.65. The van der Waals surface area contributed by atoms with Crippen LogP contribution < -0.4 is 43.3 Å². The molecule has 10 fully saturated rings. The summed E-state index contributed by atoms with van der Waals surface area (Å²) in [5.41, 5.74) is 15.6. The third kappa shape index (κ3) is 17.7. The second-order valence-corrected chi connectivity index (χ2v) is 41.7. The smallest absolute Gasteiger partial charge is 0.396 e. The van der Waals surface area contributed by atoms with E-state index in [4.69, 9.17) is 90.1 Å². The number of aryl methyl sites for hydroxylation is 3. The number of nitrogen functional groups attached to an aromatic ring is 3. The Labute approximate surface area is 769 Å². The fourth-order valence-electron chi connectivity index (χ4n) is 18.0. The second kappa shape index (κ2) is 36.0. The number of anilines is 3. The summed E-state index contributed by atoms with van der Waals surface area (Å²) in [6.45, 7) is -0.884. The van der Waals surface area contributed by atoms with Gasteiger partial charge in [0.25, 0.3) is 26.8 Å². The number of nitrogens with two attached hydrogens (primary N) is 3. The van der Waals surface area contributed by atoms with E-state index in [1.165, 1.54) is 80.4 Å². The molecule has 22 rings (SSSR count). The number of hydrogen-bond acceptors (Lipinski definition) is 49. The molecule has 10 saturated heterocycles. The summed E-state index contributed by atoms with van der Waals surface area (Å²) in [6, 6.07) is 0. The van der Waals surface area contributed by atoms with E-state index in [0.717, 1.165) is 10.9 Å². The van der Waals surface area contributed by atoms with E-state index in [1.54, 1.807) is 13.8 Å². The molecule has 63 nitrogen and oxygen atoms in total. The average molecular weight is 2060 g/mol. The van der Waals surface area contributed by atoms with Gasteiger partial charge in [-0.15, -0.1) is 0 Å². The SMILES string of the molecule is Cc1nc2c(ncn2C2OC3CCS(=O)(=O)OC4CC(n5cnc6c(N)ncnc65)OC4COP(=O)(O)OC2C3CO)c(=O)[nH]1.Cc1nc2c(ncn2C2OC3CNS(=O)(=O)OC4C5OCC4(COP(=O)(O)OC2C3CO)OC5n2cnc3c(N)ncnc32)c(=O)[nH]1.Cc1nc2c(ncn2C2OC3COP(=O)(O)OC4C(CNS(=O)(=O)OC2C3CO)OC(n2cnc3c(N)ncnc32)C4F)c(=O)[nH]1. The minimum absolute atomic E-state index is 0.00636. The van der Waals surface area contributed by atoms with E-state index in [-0.39, 0.29) is 110 Å². The zero-order chi connectivity index (χ0) is 97.1. The van der Waals surface area contributed by atoms with Crippen molar-refractivity contribution in [3.8, 4) is 0 Å². The number of ether oxygens (including phenoxy) is 7. The molecule has 12 aromatic heterocycles. The Morgan fingerprint density at radius 2 is 0.848 bits per heavy atom. The molecular weight excluding hydrogens is 1980 g/mol. The van der Waals surface area contributed by atoms with Crippen molar-refractivity contribution < 1.29 is 146 Å². The lowest BCUT2D eigenvalue weighted by Gasteiger charge is -2.32. The lowest BCUT2D eigenvalue weighted by atomic mass is 9.97. The number of imidazole rings is 6. The third-order valence-corrected chi connectivity index (χ3v) is 30.6. The van der Waals surface area contributed by atoms with Crippen molar-refractivity contribution in [3.63, 3.8) is 0 Å². The average Bonchev–Trinajstić information content (AvgIpc) is 1.55. The van der Waals surface area contributed by atoms with Crippen molar-refractivity contribution >= 4 is 139 Å². The van der Waals surface area contributed by atoms with Gasteiger partial charge in [0.1, 0.15) is 120 Å². The first-order valence-electron chi connectivity index (χ1n) is 41.5. The number of fused-ring (bicyclic) bond motifs is 14. The number of halogens is 1. The first-order chi connectivity index (χ1) is 65.7. The van der Waals surface area contributed by atoms with Gasteiger partial charge in [0.05, 0.1) is 108 Å². The number of aliphatic hydroxyl groups excluding tert-OH is 3. The Balaban J connectivity index is 0.000000128. The lowest BCUT2D eigenvalue weighted by molar-refractivity contribution is -0.184. The topological polar surface area (TPSA) is 846 Å². The summed E-state index contributed by atoms with van der Waals surface area (Å²) < 4.78 is 239. The van der Waals surface area contributed by atoms with Gasteiger partial charge in [-0.25, -0.2) is 101 Å². The standard InChI is InChI=1S/C23H27N10O12PS.C23H28N9O11PS.C22H26FN10O11PS/c1-9-30-19-13(20(35)31-9)28-8-33(19)21-14-10(3-34)11(42-21)2-29-47(38,39)45-16-15-22(32-7-27-12-17(24)25-6-26-18(12)32)43-23(16,4-40-15)5-41-46(36,37)44-14;1-10-29-21-17(22(34)30-10)28-9-32(21)23-18-11(5-33)12(41-23)2-3-45(37,38)43-13-4-15(40-14(13)6-39-44(35,36)42-18)31-8-27-16-19(24)25-7-26-20(16)31;1-8-30-19-14(20(35)31-8)28-7-33(19)22-15-9(3-34)11(42-22)4-40-45(36,37)43-16-10(2-29-46(38,39)44-15)41-21(12(16)23)32-6-27-13-17(24)25-5-26-18(13)32/h6-8,10-11,14-16,21-22,29,34H,2-5H2,1H3,(H,36,37)(H2,24,25,26)(H,30,31,35);7-9,11-15,18,23,33H,2-6H2,1H3,(H,35,36)(H2,24,25,26)(H,29,30,34);5-7,9-12,15-16,21-22,29,34H,2-4H2,1H3,(H,36,37)(H2,24,25,26)(H,30,31,35). The summed E-state index contributed by atoms with van der Waals surface area (Å²) >= 11 is 0. The molecular formula is C68H81FN29O34P3S3. The van der Waals surface area contributed by atoms with Gasteiger partial charge in [-0.3, -0.25) is 73.1 Å². The molecule has 10 aliphatic heterocycles. The Hall–Kier alpha value is -10.4. The van der Waals surface area contributed by atoms with Crippen LogP contribution >= 0.6 is 23.5 Å². The zero-order valence-corrected chi connectivity index (χ0v) is 76.2. The minimum atomic E-state index is -5.10. The van der Waals surface area contributed by atoms with E-state index in [0.29, 0.717) is 11.2 Å². The van der Waals surface area contributed by atoms with Crippen molar-refractivity contribution in [1.29, 1.82) is 0 Å². The highest BCUT2D eigenvalue weighted by atomic mass is 32.2. The van der Waals surface area contributed by atoms with Crippen molar-refractivity contribution in [1.82, 2.24) is 127 Å². The van der Waals surface area contributed by atoms with Gasteiger partial charge in [-0.05, 0) is 27.2 Å². The summed E-state index contributed by atoms with van der Waals surface area (Å²) in [5.74, 6) is -2.78. The van der Waals surface area contributed by atoms with Crippen LogP contribution in [0.4, 0.5) is 21.8 Å². The number of H-pyrrole nitrogens is 3. The summed E-state index contributed by atoms with van der Waals surface area (Å²) in [6.07, 6.45) is -14.4. The van der Waals surface area contributed by atoms with Crippen LogP contribution in [0.3, 0.4) is 0 Å². The normalized spacial score (nSPS) is 35.3. The number of nitrogens with zero attached hydrogens (tertiary/aromatic N) is 21. The van der Waals surface area contributed by atoms with Crippen LogP contribution in [-0.4, -0.2) is 322 Å². The molecule has 742 valence electrons. The Bertz CT molecular complexity index is 7490. The van der Waals surface area contributed by atoms with E-state index < -0.39 is 269 Å². The van der Waals surface area contributed by atoms with Crippen LogP contribution in [0.1, 0.15) is 67.7 Å². The summed E-state index contributed by atoms with van der Waals surface area (Å²) in [5, 5.41) is 30.9. The van der Waals surface area contributed by atoms with Gasteiger partial charge in [-0.1, -0.05) is 0 Å². The summed E-state index contributed by atoms with van der Waals surface area (Å²) in [7, 11) is -28.6. The fourth-order valence-corrected chi connectivity index (χ4v) is 24.1. The van der Waals surface area contributed by atoms with E-state index in [9.17, 15) is 83.3 Å². The van der Waals surface area contributed by atoms with Crippen LogP contribution in [0.25, 0.3) is 67.0 Å². The van der Waals surface area contributed by atoms with Gasteiger partial charge in [-0.2, -0.15) is 34.7 Å². The first-order valence-corrected chi connectivity index (χ1v) is 50.4. The molecule has 10 aliphatic rings. The molecule has 22 heterocycles. The molecule has 70 heteroatoms. The van der Waals surface area contributed by atoms with Gasteiger partial charge in [0.15, 0.2) is 105 Å². The Morgan fingerprint density at radius 1 is 0.442 bits per heavy atom. The van der Waals surface area contributed by atoms with Crippen molar-refractivity contribution in [2.75, 3.05) is 82.3 Å². The van der Waals surface area contributed by atoms with Crippen LogP contribution in [-0.2, 0) is 117 Å². The number of aliphatic hydroxyl groups is 3. The maximum Gasteiger partial charge on any atom is 0.472 e. The van der Waals surface area contributed by atoms with Gasteiger partial charge < -0.3 is 95.3 Å². The number of hydrogen-bond donors (Lipinski definition) is 14. The molecule has 0 aliphatic carbocycles. The number of aromatic nitrogens is 24. The van der Waals surface area contributed by atoms with Crippen LogP contribution in [0, 0.1) is 38.5 Å². The van der Waals surface area contributed by atoms with E-state index >= 15 is 4.39 Å². The van der Waals surface area contributed by atoms with Gasteiger partial charge in [0, 0.05) is 37.3 Å². The zero-order valence-electron chi connectivity index (χ0n) is 71.1. The minimum Gasteiger partial charge on any atom is -0.396 e. The van der Waals surface area contributed by atoms with Crippen LogP contribution in [0.5, 0.6) is 0 Å². The van der Waals surface area contributed by atoms with Crippen LogP contribution in [0.2, 0.25) is 0 Å². The van der Waals surface area contributed by atoms with E-state index in [2.05, 4.69) is 99.2 Å². The Kier molecular flexibility index (Phi) is 24.8. The highest BCUT2D eigenvalue weighted by molar-refractivity contribution is 7.86. The van der Waals surface area contributed by atoms with E-state index in [1.807, 2.05) is 0 Å². The molecule has 0 saturated carbocycles. The molecule has 26 atom stereocenters. The molecule has 17 N–H and O–H groups in total. The number of alkyl halides is 1. The number of aromatic amines is 3. The summed E-state index contributed by atoms with van der Waals surface area (Å²) in [4.78, 5) is 139. The molecule has 8 bridgehead atoms. The van der Waals surface area contributed by atoms with Crippen LogP contribution in [0.15, 0.2) is 71.3 Å². The molecule has 0 aromatic carbocycles. The number of nitrogens with one attached hydrogen (secondary N) is 5. The number of phosphoric acid groups is 3. The highest BCUT2D eigenvalue weighted by Gasteiger charge is 2.67. The van der Waals surface area contributed by atoms with Gasteiger partial charge in [0.2, 0.25) is 0 Å². The lowest BCUT2D eigenvalue weighted by Crippen LogP contribution is -2.48. The van der Waals surface area contributed by atoms with Gasteiger partial charge >= 0.3 is 44.1 Å². The first kappa shape index (κ1) is 95.2. The molecule has 26 unspecified atom stereocenters. The third-order valence-electron chi connectivity index (χ3n) is 24.4. The van der Waals surface area contributed by atoms with Crippen molar-refractivity contribution in [3.05, 3.63) is 105 Å². The second-order valence-electron chi connectivity index (χ2n) is 33.0. The number of phosphoric ester groups is 3. The number of rotatable bonds is 9. The quantitative estimate of drug-likeness (QED) is 0.0477. The molecule has 138 heavy (non-hydrogen) atoms. The largest absolute Gasteiger partial charge is 0.472 e. The highest BCUT2D eigenvalue weighted by Crippen LogP contribution is 2.58. The maximum absolute atomic E-state index is 16.0. The predicted molar refractivity (Wildman–Crippen MR) is 450 cm³/mol. The maximum atomic E-state index is 16.0. The monoisotopic (exact) mass is 2060 g/mol. The molecule has 0 spiro atoms. The Morgan fingerprint density at radius 3 is 1.36 bits per heavy atom. The van der Waals surface area contributed by atoms with Crippen molar-refractivity contribution in [2.45, 2.75) is 156 Å². The molecule has 12 aromatic rings.